The zero-order valence-corrected chi connectivity index (χ0v) is 21.7. The van der Waals surface area contributed by atoms with Crippen molar-refractivity contribution in [1.82, 2.24) is 19.9 Å². The number of esters is 1. The van der Waals surface area contributed by atoms with Crippen molar-refractivity contribution < 1.29 is 23.5 Å². The van der Waals surface area contributed by atoms with Gasteiger partial charge in [0.25, 0.3) is 5.89 Å². The third kappa shape index (κ3) is 6.72. The lowest BCUT2D eigenvalue weighted by atomic mass is 9.95. The molecule has 1 fully saturated rings. The number of ether oxygens (including phenoxy) is 3. The van der Waals surface area contributed by atoms with Gasteiger partial charge < -0.3 is 18.7 Å². The molecular weight excluding hydrogens is 460 g/mol. The van der Waals surface area contributed by atoms with Crippen molar-refractivity contribution in [2.45, 2.75) is 84.0 Å². The van der Waals surface area contributed by atoms with Crippen LogP contribution in [0, 0.1) is 0 Å². The third-order valence-electron chi connectivity index (χ3n) is 6.08. The molecule has 0 bridgehead atoms. The monoisotopic (exact) mass is 496 g/mol. The SMILES string of the molecule is COCc1c(-c2nc(-c3ccc(OCCCC(=O)OC(C)(C)C)cc3)no2)cnn1C1CCCCC1. The van der Waals surface area contributed by atoms with Gasteiger partial charge >= 0.3 is 5.97 Å². The van der Waals surface area contributed by atoms with Crippen LogP contribution in [0.5, 0.6) is 5.75 Å². The molecule has 0 radical (unpaired) electrons. The number of aromatic nitrogens is 4. The molecule has 36 heavy (non-hydrogen) atoms. The summed E-state index contributed by atoms with van der Waals surface area (Å²) in [6, 6.07) is 7.88. The third-order valence-corrected chi connectivity index (χ3v) is 6.08. The van der Waals surface area contributed by atoms with E-state index in [1.165, 1.54) is 19.3 Å². The zero-order valence-electron chi connectivity index (χ0n) is 21.7. The summed E-state index contributed by atoms with van der Waals surface area (Å²) in [6.07, 6.45) is 8.69. The van der Waals surface area contributed by atoms with Crippen molar-refractivity contribution >= 4 is 5.97 Å². The summed E-state index contributed by atoms with van der Waals surface area (Å²) in [5, 5.41) is 8.84. The van der Waals surface area contributed by atoms with Gasteiger partial charge in [-0.05, 0) is 64.3 Å². The molecule has 2 aromatic heterocycles. The van der Waals surface area contributed by atoms with E-state index >= 15 is 0 Å². The number of nitrogens with zero attached hydrogens (tertiary/aromatic N) is 4. The van der Waals surface area contributed by atoms with Gasteiger partial charge in [-0.25, -0.2) is 0 Å². The minimum Gasteiger partial charge on any atom is -0.494 e. The Morgan fingerprint density at radius 2 is 1.89 bits per heavy atom. The molecule has 0 aliphatic heterocycles. The first kappa shape index (κ1) is 25.9. The summed E-state index contributed by atoms with van der Waals surface area (Å²) in [5.41, 5.74) is 2.13. The zero-order chi connectivity index (χ0) is 25.5. The maximum atomic E-state index is 11.8. The molecule has 1 aromatic carbocycles. The van der Waals surface area contributed by atoms with Gasteiger partial charge in [0.05, 0.1) is 36.7 Å². The fourth-order valence-electron chi connectivity index (χ4n) is 4.44. The van der Waals surface area contributed by atoms with E-state index in [2.05, 4.69) is 19.9 Å². The van der Waals surface area contributed by atoms with Crippen LogP contribution in [0.2, 0.25) is 0 Å². The van der Waals surface area contributed by atoms with Crippen molar-refractivity contribution in [2.24, 2.45) is 0 Å². The van der Waals surface area contributed by atoms with Crippen molar-refractivity contribution in [3.8, 4) is 28.6 Å². The summed E-state index contributed by atoms with van der Waals surface area (Å²) in [7, 11) is 1.68. The lowest BCUT2D eigenvalue weighted by Gasteiger charge is -2.24. The molecular formula is C27H36N4O5. The number of carbonyl (C=O) groups excluding carboxylic acids is 1. The molecule has 0 atom stereocenters. The predicted octanol–water partition coefficient (Wildman–Crippen LogP) is 5.75. The van der Waals surface area contributed by atoms with Crippen LogP contribution in [0.15, 0.2) is 35.0 Å². The molecule has 0 saturated heterocycles. The van der Waals surface area contributed by atoms with Gasteiger partial charge in [0.15, 0.2) is 0 Å². The van der Waals surface area contributed by atoms with E-state index in [4.69, 9.17) is 18.7 Å². The molecule has 9 nitrogen and oxygen atoms in total. The summed E-state index contributed by atoms with van der Waals surface area (Å²) < 4.78 is 24.2. The smallest absolute Gasteiger partial charge is 0.306 e. The summed E-state index contributed by atoms with van der Waals surface area (Å²) in [5.74, 6) is 1.42. The van der Waals surface area contributed by atoms with Gasteiger partial charge in [-0.2, -0.15) is 10.1 Å². The molecule has 1 aliphatic rings. The molecule has 1 saturated carbocycles. The first-order valence-corrected chi connectivity index (χ1v) is 12.7. The highest BCUT2D eigenvalue weighted by Gasteiger charge is 2.24. The topological polar surface area (TPSA) is 102 Å². The van der Waals surface area contributed by atoms with Crippen LogP contribution >= 0.6 is 0 Å². The lowest BCUT2D eigenvalue weighted by Crippen LogP contribution is -2.23. The summed E-state index contributed by atoms with van der Waals surface area (Å²) in [6.45, 7) is 6.44. The molecule has 0 spiro atoms. The molecule has 2 heterocycles. The Morgan fingerprint density at radius 1 is 1.14 bits per heavy atom. The molecule has 4 rings (SSSR count). The van der Waals surface area contributed by atoms with E-state index in [1.807, 2.05) is 45.0 Å². The average molecular weight is 497 g/mol. The highest BCUT2D eigenvalue weighted by molar-refractivity contribution is 5.69. The molecule has 0 unspecified atom stereocenters. The summed E-state index contributed by atoms with van der Waals surface area (Å²) >= 11 is 0. The number of carbonyl (C=O) groups is 1. The Bertz CT molecular complexity index is 1120. The van der Waals surface area contributed by atoms with Crippen molar-refractivity contribution in [3.63, 3.8) is 0 Å². The first-order chi connectivity index (χ1) is 17.3. The van der Waals surface area contributed by atoms with Crippen LogP contribution in [-0.4, -0.2) is 45.2 Å². The second kappa shape index (κ2) is 11.7. The Kier molecular flexibility index (Phi) is 8.40. The predicted molar refractivity (Wildman–Crippen MR) is 134 cm³/mol. The lowest BCUT2D eigenvalue weighted by molar-refractivity contribution is -0.155. The van der Waals surface area contributed by atoms with Crippen LogP contribution < -0.4 is 4.74 Å². The fraction of sp³-hybridized carbons (Fsp3) is 0.556. The van der Waals surface area contributed by atoms with Gasteiger partial charge in [0.1, 0.15) is 11.4 Å². The second-order valence-electron chi connectivity index (χ2n) is 10.2. The Morgan fingerprint density at radius 3 is 2.58 bits per heavy atom. The van der Waals surface area contributed by atoms with Crippen LogP contribution in [0.25, 0.3) is 22.8 Å². The largest absolute Gasteiger partial charge is 0.494 e. The van der Waals surface area contributed by atoms with Gasteiger partial charge in [-0.15, -0.1) is 0 Å². The standard InChI is InChI=1S/C27H36N4O5/c1-27(2,3)35-24(32)11-8-16-34-21-14-12-19(13-15-21)25-29-26(36-30-25)22-17-28-31(23(22)18-33-4)20-9-6-5-7-10-20/h12-15,17,20H,5-11,16,18H2,1-4H3. The van der Waals surface area contributed by atoms with E-state index in [0.717, 1.165) is 29.7 Å². The van der Waals surface area contributed by atoms with Gasteiger partial charge in [-0.3, -0.25) is 9.48 Å². The maximum Gasteiger partial charge on any atom is 0.306 e. The number of hydrogen-bond donors (Lipinski definition) is 0. The van der Waals surface area contributed by atoms with Gasteiger partial charge in [-0.1, -0.05) is 24.4 Å². The number of benzene rings is 1. The van der Waals surface area contributed by atoms with E-state index in [-0.39, 0.29) is 5.97 Å². The van der Waals surface area contributed by atoms with Crippen molar-refractivity contribution in [3.05, 3.63) is 36.2 Å². The number of hydrogen-bond acceptors (Lipinski definition) is 8. The molecule has 194 valence electrons. The van der Waals surface area contributed by atoms with Crippen LogP contribution in [0.4, 0.5) is 0 Å². The van der Waals surface area contributed by atoms with Crippen LogP contribution in [0.1, 0.15) is 77.5 Å². The quantitative estimate of drug-likeness (QED) is 0.258. The van der Waals surface area contributed by atoms with Crippen molar-refractivity contribution in [1.29, 1.82) is 0 Å². The molecule has 9 heteroatoms. The highest BCUT2D eigenvalue weighted by Crippen LogP contribution is 2.33. The average Bonchev–Trinajstić information content (AvgIpc) is 3.49. The van der Waals surface area contributed by atoms with Gasteiger partial charge in [0, 0.05) is 19.1 Å². The normalized spacial score (nSPS) is 14.7. The number of rotatable bonds is 10. The Hall–Kier alpha value is -3.20. The van der Waals surface area contributed by atoms with E-state index in [1.54, 1.807) is 13.3 Å². The van der Waals surface area contributed by atoms with Crippen LogP contribution in [0.3, 0.4) is 0 Å². The second-order valence-corrected chi connectivity index (χ2v) is 10.2. The van der Waals surface area contributed by atoms with Crippen molar-refractivity contribution in [2.75, 3.05) is 13.7 Å². The van der Waals surface area contributed by atoms with Gasteiger partial charge in [0.2, 0.25) is 5.82 Å². The number of methoxy groups -OCH3 is 1. The fourth-order valence-corrected chi connectivity index (χ4v) is 4.44. The van der Waals surface area contributed by atoms with E-state index in [0.29, 0.717) is 49.6 Å². The minimum absolute atomic E-state index is 0.215. The highest BCUT2D eigenvalue weighted by atomic mass is 16.6. The van der Waals surface area contributed by atoms with Crippen LogP contribution in [-0.2, 0) is 20.9 Å². The molecule has 0 N–H and O–H groups in total. The maximum absolute atomic E-state index is 11.8. The van der Waals surface area contributed by atoms with E-state index in [9.17, 15) is 4.79 Å². The van der Waals surface area contributed by atoms with E-state index < -0.39 is 5.60 Å². The molecule has 3 aromatic rings. The first-order valence-electron chi connectivity index (χ1n) is 12.7. The molecule has 1 aliphatic carbocycles. The Labute approximate surface area is 212 Å². The molecule has 0 amide bonds. The minimum atomic E-state index is -0.468. The Balaban J connectivity index is 1.37. The summed E-state index contributed by atoms with van der Waals surface area (Å²) in [4.78, 5) is 16.4.